The molecule has 2 fully saturated rings. The van der Waals surface area contributed by atoms with Crippen LogP contribution in [0.3, 0.4) is 0 Å². The third-order valence-electron chi connectivity index (χ3n) is 4.76. The number of nitrogens with zero attached hydrogens (tertiary/aromatic N) is 2. The lowest BCUT2D eigenvalue weighted by Crippen LogP contribution is -2.53. The molecule has 0 aromatic heterocycles. The molecule has 7 heteroatoms. The zero-order valence-electron chi connectivity index (χ0n) is 16.0. The predicted octanol–water partition coefficient (Wildman–Crippen LogP) is 2.70. The number of rotatable bonds is 7. The highest BCUT2D eigenvalue weighted by Crippen LogP contribution is 2.21. The standard InChI is InChI=1S/C20H30ClN3O3/c1-2-22-20(23-8-11-25-15-16-5-3-6-17(21)13-16)24-9-12-27-19(14-24)18-7-4-10-26-18/h3,5-6,13,18-19H,2,4,7-12,14-15H2,1H3,(H,22,23). The van der Waals surface area contributed by atoms with Gasteiger partial charge in [-0.05, 0) is 37.5 Å². The number of aliphatic imine (C=N–C) groups is 1. The van der Waals surface area contributed by atoms with Crippen molar-refractivity contribution < 1.29 is 14.2 Å². The van der Waals surface area contributed by atoms with Gasteiger partial charge in [-0.3, -0.25) is 4.99 Å². The first kappa shape index (κ1) is 20.4. The molecule has 2 aliphatic heterocycles. The smallest absolute Gasteiger partial charge is 0.194 e. The number of hydrogen-bond donors (Lipinski definition) is 1. The highest BCUT2D eigenvalue weighted by Gasteiger charge is 2.32. The van der Waals surface area contributed by atoms with Gasteiger partial charge in [0.1, 0.15) is 6.10 Å². The third-order valence-corrected chi connectivity index (χ3v) is 5.00. The number of benzene rings is 1. The SMILES string of the molecule is CCNC(=NCCOCc1cccc(Cl)c1)N1CCOC(C2CCCO2)C1. The van der Waals surface area contributed by atoms with Gasteiger partial charge in [-0.1, -0.05) is 23.7 Å². The van der Waals surface area contributed by atoms with Gasteiger partial charge in [0, 0.05) is 31.3 Å². The number of morpholine rings is 1. The molecule has 27 heavy (non-hydrogen) atoms. The fourth-order valence-electron chi connectivity index (χ4n) is 3.45. The largest absolute Gasteiger partial charge is 0.375 e. The van der Waals surface area contributed by atoms with Crippen LogP contribution in [-0.2, 0) is 20.8 Å². The zero-order chi connectivity index (χ0) is 18.9. The highest BCUT2D eigenvalue weighted by atomic mass is 35.5. The molecule has 1 N–H and O–H groups in total. The van der Waals surface area contributed by atoms with Crippen LogP contribution in [0.2, 0.25) is 5.02 Å². The first-order chi connectivity index (χ1) is 13.3. The molecule has 150 valence electrons. The maximum atomic E-state index is 6.00. The lowest BCUT2D eigenvalue weighted by Gasteiger charge is -2.37. The second-order valence-electron chi connectivity index (χ2n) is 6.82. The highest BCUT2D eigenvalue weighted by molar-refractivity contribution is 6.30. The fraction of sp³-hybridized carbons (Fsp3) is 0.650. The Morgan fingerprint density at radius 3 is 3.00 bits per heavy atom. The van der Waals surface area contributed by atoms with Crippen LogP contribution in [-0.4, -0.2) is 69.1 Å². The first-order valence-corrected chi connectivity index (χ1v) is 10.2. The maximum Gasteiger partial charge on any atom is 0.194 e. The van der Waals surface area contributed by atoms with E-state index in [1.54, 1.807) is 0 Å². The molecule has 2 heterocycles. The minimum atomic E-state index is 0.129. The van der Waals surface area contributed by atoms with Gasteiger partial charge in [-0.15, -0.1) is 0 Å². The third kappa shape index (κ3) is 6.35. The van der Waals surface area contributed by atoms with Crippen molar-refractivity contribution in [1.29, 1.82) is 0 Å². The predicted molar refractivity (Wildman–Crippen MR) is 107 cm³/mol. The summed E-state index contributed by atoms with van der Waals surface area (Å²) in [7, 11) is 0. The van der Waals surface area contributed by atoms with Gasteiger partial charge < -0.3 is 24.4 Å². The van der Waals surface area contributed by atoms with Gasteiger partial charge >= 0.3 is 0 Å². The van der Waals surface area contributed by atoms with Crippen molar-refractivity contribution in [3.8, 4) is 0 Å². The Morgan fingerprint density at radius 2 is 2.22 bits per heavy atom. The molecule has 6 nitrogen and oxygen atoms in total. The molecule has 2 unspecified atom stereocenters. The first-order valence-electron chi connectivity index (χ1n) is 9.85. The van der Waals surface area contributed by atoms with Crippen molar-refractivity contribution >= 4 is 17.6 Å². The van der Waals surface area contributed by atoms with Crippen molar-refractivity contribution in [3.63, 3.8) is 0 Å². The second-order valence-corrected chi connectivity index (χ2v) is 7.26. The van der Waals surface area contributed by atoms with Crippen LogP contribution >= 0.6 is 11.6 Å². The minimum Gasteiger partial charge on any atom is -0.375 e. The Hall–Kier alpha value is -1.34. The van der Waals surface area contributed by atoms with Gasteiger partial charge in [0.25, 0.3) is 0 Å². The van der Waals surface area contributed by atoms with Crippen LogP contribution in [0.15, 0.2) is 29.3 Å². The summed E-state index contributed by atoms with van der Waals surface area (Å²) in [5, 5.41) is 4.12. The molecule has 1 aromatic rings. The molecule has 0 spiro atoms. The summed E-state index contributed by atoms with van der Waals surface area (Å²) in [5.74, 6) is 0.926. The molecule has 0 aliphatic carbocycles. The van der Waals surface area contributed by atoms with Gasteiger partial charge in [0.15, 0.2) is 5.96 Å². The molecular formula is C20H30ClN3O3. The van der Waals surface area contributed by atoms with Crippen molar-refractivity contribution in [2.45, 2.75) is 38.6 Å². The van der Waals surface area contributed by atoms with Crippen LogP contribution in [0.1, 0.15) is 25.3 Å². The number of hydrogen-bond acceptors (Lipinski definition) is 4. The Morgan fingerprint density at radius 1 is 1.33 bits per heavy atom. The Balaban J connectivity index is 1.46. The molecule has 1 aromatic carbocycles. The van der Waals surface area contributed by atoms with E-state index in [-0.39, 0.29) is 12.2 Å². The van der Waals surface area contributed by atoms with Crippen LogP contribution in [0.25, 0.3) is 0 Å². The van der Waals surface area contributed by atoms with Crippen LogP contribution in [0.4, 0.5) is 0 Å². The Kier molecular flexibility index (Phi) is 8.20. The molecule has 0 radical (unpaired) electrons. The molecule has 0 amide bonds. The van der Waals surface area contributed by atoms with Gasteiger partial charge in [0.2, 0.25) is 0 Å². The number of halogens is 1. The van der Waals surface area contributed by atoms with Crippen molar-refractivity contribution in [2.75, 3.05) is 46.0 Å². The maximum absolute atomic E-state index is 6.00. The Labute approximate surface area is 166 Å². The van der Waals surface area contributed by atoms with E-state index >= 15 is 0 Å². The summed E-state index contributed by atoms with van der Waals surface area (Å²) in [5.41, 5.74) is 1.07. The van der Waals surface area contributed by atoms with Crippen molar-refractivity contribution in [1.82, 2.24) is 10.2 Å². The lowest BCUT2D eigenvalue weighted by atomic mass is 10.1. The molecule has 0 bridgehead atoms. The number of guanidine groups is 1. The number of nitrogens with one attached hydrogen (secondary N) is 1. The van der Waals surface area contributed by atoms with Crippen molar-refractivity contribution in [2.24, 2.45) is 4.99 Å². The zero-order valence-corrected chi connectivity index (χ0v) is 16.8. The summed E-state index contributed by atoms with van der Waals surface area (Å²) in [4.78, 5) is 7.01. The molecule has 2 aliphatic rings. The van der Waals surface area contributed by atoms with Crippen LogP contribution in [0.5, 0.6) is 0 Å². The van der Waals surface area contributed by atoms with E-state index in [9.17, 15) is 0 Å². The summed E-state index contributed by atoms with van der Waals surface area (Å²) in [6, 6.07) is 7.74. The van der Waals surface area contributed by atoms with E-state index in [2.05, 4.69) is 17.1 Å². The average molecular weight is 396 g/mol. The van der Waals surface area contributed by atoms with E-state index in [1.807, 2.05) is 24.3 Å². The van der Waals surface area contributed by atoms with Crippen LogP contribution in [0, 0.1) is 0 Å². The van der Waals surface area contributed by atoms with E-state index in [4.69, 9.17) is 30.8 Å². The van der Waals surface area contributed by atoms with Crippen LogP contribution < -0.4 is 5.32 Å². The van der Waals surface area contributed by atoms with Gasteiger partial charge in [0.05, 0.1) is 32.5 Å². The van der Waals surface area contributed by atoms with Crippen molar-refractivity contribution in [3.05, 3.63) is 34.9 Å². The monoisotopic (exact) mass is 395 g/mol. The summed E-state index contributed by atoms with van der Waals surface area (Å²) < 4.78 is 17.5. The minimum absolute atomic E-state index is 0.129. The lowest BCUT2D eigenvalue weighted by molar-refractivity contribution is -0.0817. The summed E-state index contributed by atoms with van der Waals surface area (Å²) in [6.07, 6.45) is 2.56. The molecule has 2 saturated heterocycles. The quantitative estimate of drug-likeness (QED) is 0.437. The van der Waals surface area contributed by atoms with Gasteiger partial charge in [-0.2, -0.15) is 0 Å². The summed E-state index contributed by atoms with van der Waals surface area (Å²) >= 11 is 6.00. The fourth-order valence-corrected chi connectivity index (χ4v) is 3.66. The number of ether oxygens (including phenoxy) is 3. The topological polar surface area (TPSA) is 55.3 Å². The molecule has 3 rings (SSSR count). The van der Waals surface area contributed by atoms with Gasteiger partial charge in [-0.25, -0.2) is 0 Å². The Bertz CT molecular complexity index is 608. The van der Waals surface area contributed by atoms with E-state index < -0.39 is 0 Å². The second kappa shape index (κ2) is 10.9. The molecular weight excluding hydrogens is 366 g/mol. The average Bonchev–Trinajstić information content (AvgIpc) is 3.22. The molecule has 2 atom stereocenters. The summed E-state index contributed by atoms with van der Waals surface area (Å²) in [6.45, 7) is 7.88. The van der Waals surface area contributed by atoms with E-state index in [0.29, 0.717) is 26.4 Å². The van der Waals surface area contributed by atoms with E-state index in [1.165, 1.54) is 0 Å². The molecule has 0 saturated carbocycles. The normalized spacial score (nSPS) is 23.6. The van der Waals surface area contributed by atoms with E-state index in [0.717, 1.165) is 55.6 Å².